The number of benzene rings is 2. The number of hydrogen-bond acceptors (Lipinski definition) is 2. The molecule has 0 bridgehead atoms. The third kappa shape index (κ3) is 2.27. The van der Waals surface area contributed by atoms with Crippen molar-refractivity contribution in [3.8, 4) is 0 Å². The lowest BCUT2D eigenvalue weighted by molar-refractivity contribution is 0.605. The van der Waals surface area contributed by atoms with Gasteiger partial charge in [-0.2, -0.15) is 0 Å². The molecule has 3 N–H and O–H groups in total. The summed E-state index contributed by atoms with van der Waals surface area (Å²) in [6.07, 6.45) is 0. The van der Waals surface area contributed by atoms with Crippen LogP contribution in [0.15, 0.2) is 54.6 Å². The van der Waals surface area contributed by atoms with E-state index in [2.05, 4.69) is 5.43 Å². The van der Waals surface area contributed by atoms with Gasteiger partial charge in [0.05, 0.1) is 6.04 Å². The average Bonchev–Trinajstić information content (AvgIpc) is 2.31. The van der Waals surface area contributed by atoms with E-state index in [1.165, 1.54) is 12.1 Å². The zero-order valence-corrected chi connectivity index (χ0v) is 8.73. The van der Waals surface area contributed by atoms with E-state index in [1.54, 1.807) is 6.07 Å². The summed E-state index contributed by atoms with van der Waals surface area (Å²) in [5.74, 6) is 5.26. The molecule has 16 heavy (non-hydrogen) atoms. The lowest BCUT2D eigenvalue weighted by atomic mass is 9.99. The summed E-state index contributed by atoms with van der Waals surface area (Å²) in [6.45, 7) is 0. The Balaban J connectivity index is 2.37. The van der Waals surface area contributed by atoms with Crippen molar-refractivity contribution in [1.29, 1.82) is 0 Å². The fraction of sp³-hybridized carbons (Fsp3) is 0.0769. The summed E-state index contributed by atoms with van der Waals surface area (Å²) < 4.78 is 13.1. The highest BCUT2D eigenvalue weighted by molar-refractivity contribution is 5.31. The first-order chi connectivity index (χ1) is 7.81. The number of rotatable bonds is 3. The number of nitrogens with two attached hydrogens (primary N) is 1. The second-order valence-corrected chi connectivity index (χ2v) is 3.57. The molecule has 0 aliphatic heterocycles. The smallest absolute Gasteiger partial charge is 0.123 e. The molecule has 0 saturated carbocycles. The van der Waals surface area contributed by atoms with Crippen LogP contribution in [0, 0.1) is 5.82 Å². The van der Waals surface area contributed by atoms with Crippen molar-refractivity contribution in [2.75, 3.05) is 0 Å². The van der Waals surface area contributed by atoms with Crippen LogP contribution in [0.25, 0.3) is 0 Å². The van der Waals surface area contributed by atoms with Crippen molar-refractivity contribution >= 4 is 0 Å². The molecule has 0 aromatic heterocycles. The summed E-state index contributed by atoms with van der Waals surface area (Å²) in [4.78, 5) is 0. The summed E-state index contributed by atoms with van der Waals surface area (Å²) in [5, 5.41) is 0. The second-order valence-electron chi connectivity index (χ2n) is 3.57. The molecule has 2 aromatic rings. The maximum Gasteiger partial charge on any atom is 0.123 e. The first-order valence-electron chi connectivity index (χ1n) is 5.08. The van der Waals surface area contributed by atoms with E-state index in [9.17, 15) is 4.39 Å². The van der Waals surface area contributed by atoms with E-state index < -0.39 is 0 Å². The first kappa shape index (κ1) is 10.8. The van der Waals surface area contributed by atoms with Crippen LogP contribution in [0.4, 0.5) is 4.39 Å². The summed E-state index contributed by atoms with van der Waals surface area (Å²) in [6, 6.07) is 15.9. The first-order valence-corrected chi connectivity index (χ1v) is 5.08. The van der Waals surface area contributed by atoms with Crippen molar-refractivity contribution in [3.05, 3.63) is 71.5 Å². The highest BCUT2D eigenvalue weighted by Gasteiger charge is 2.11. The van der Waals surface area contributed by atoms with Crippen LogP contribution >= 0.6 is 0 Å². The van der Waals surface area contributed by atoms with E-state index in [4.69, 9.17) is 5.84 Å². The minimum Gasteiger partial charge on any atom is -0.271 e. The minimum atomic E-state index is -0.256. The van der Waals surface area contributed by atoms with Gasteiger partial charge < -0.3 is 0 Å². The molecule has 3 heteroatoms. The van der Waals surface area contributed by atoms with E-state index >= 15 is 0 Å². The van der Waals surface area contributed by atoms with Gasteiger partial charge in [-0.15, -0.1) is 0 Å². The summed E-state index contributed by atoms with van der Waals surface area (Å²) >= 11 is 0. The molecule has 1 unspecified atom stereocenters. The number of halogens is 1. The molecule has 82 valence electrons. The molecule has 0 radical (unpaired) electrons. The van der Waals surface area contributed by atoms with Crippen LogP contribution in [0.5, 0.6) is 0 Å². The lowest BCUT2D eigenvalue weighted by Gasteiger charge is -2.16. The Labute approximate surface area is 93.9 Å². The third-order valence-corrected chi connectivity index (χ3v) is 2.48. The molecule has 0 spiro atoms. The molecule has 2 nitrogen and oxygen atoms in total. The van der Waals surface area contributed by atoms with Crippen molar-refractivity contribution in [1.82, 2.24) is 5.43 Å². The molecular formula is C13H13FN2. The lowest BCUT2D eigenvalue weighted by Crippen LogP contribution is -2.28. The normalized spacial score (nSPS) is 12.4. The van der Waals surface area contributed by atoms with Gasteiger partial charge >= 0.3 is 0 Å². The molecular weight excluding hydrogens is 203 g/mol. The number of hydrazine groups is 1. The average molecular weight is 216 g/mol. The molecule has 0 amide bonds. The molecule has 0 fully saturated rings. The highest BCUT2D eigenvalue weighted by Crippen LogP contribution is 2.21. The SMILES string of the molecule is NNC(c1ccccc1)c1cccc(F)c1. The van der Waals surface area contributed by atoms with Crippen LogP contribution in [0.3, 0.4) is 0 Å². The highest BCUT2D eigenvalue weighted by atomic mass is 19.1. The van der Waals surface area contributed by atoms with Gasteiger partial charge in [-0.25, -0.2) is 9.82 Å². The molecule has 2 rings (SSSR count). The molecule has 0 saturated heterocycles. The van der Waals surface area contributed by atoms with E-state index in [1.807, 2.05) is 36.4 Å². The van der Waals surface area contributed by atoms with Crippen molar-refractivity contribution in [3.63, 3.8) is 0 Å². The quantitative estimate of drug-likeness (QED) is 0.610. The van der Waals surface area contributed by atoms with Gasteiger partial charge in [-0.1, -0.05) is 42.5 Å². The molecule has 1 atom stereocenters. The van der Waals surface area contributed by atoms with Crippen LogP contribution in [0.1, 0.15) is 17.2 Å². The van der Waals surface area contributed by atoms with Gasteiger partial charge in [0.25, 0.3) is 0 Å². The second kappa shape index (κ2) is 4.88. The van der Waals surface area contributed by atoms with Gasteiger partial charge in [0.1, 0.15) is 5.82 Å². The zero-order valence-electron chi connectivity index (χ0n) is 8.73. The fourth-order valence-electron chi connectivity index (χ4n) is 1.72. The van der Waals surface area contributed by atoms with Crippen LogP contribution in [0.2, 0.25) is 0 Å². The van der Waals surface area contributed by atoms with Crippen molar-refractivity contribution in [2.45, 2.75) is 6.04 Å². The Morgan fingerprint density at radius 3 is 2.25 bits per heavy atom. The maximum absolute atomic E-state index is 13.1. The maximum atomic E-state index is 13.1. The van der Waals surface area contributed by atoms with Crippen molar-refractivity contribution < 1.29 is 4.39 Å². The van der Waals surface area contributed by atoms with Crippen LogP contribution < -0.4 is 11.3 Å². The predicted octanol–water partition coefficient (Wildman–Crippen LogP) is 2.38. The zero-order chi connectivity index (χ0) is 11.4. The van der Waals surface area contributed by atoms with Gasteiger partial charge in [0, 0.05) is 0 Å². The Morgan fingerprint density at radius 2 is 1.62 bits per heavy atom. The van der Waals surface area contributed by atoms with Gasteiger partial charge in [0.15, 0.2) is 0 Å². The van der Waals surface area contributed by atoms with E-state index in [0.29, 0.717) is 0 Å². The van der Waals surface area contributed by atoms with Gasteiger partial charge in [-0.05, 0) is 23.3 Å². The Hall–Kier alpha value is -1.71. The van der Waals surface area contributed by atoms with Crippen molar-refractivity contribution in [2.24, 2.45) is 5.84 Å². The topological polar surface area (TPSA) is 38.0 Å². The van der Waals surface area contributed by atoms with Gasteiger partial charge in [0.2, 0.25) is 0 Å². The monoisotopic (exact) mass is 216 g/mol. The van der Waals surface area contributed by atoms with Gasteiger partial charge in [-0.3, -0.25) is 5.84 Å². The summed E-state index contributed by atoms with van der Waals surface area (Å²) in [7, 11) is 0. The van der Waals surface area contributed by atoms with Crippen LogP contribution in [-0.2, 0) is 0 Å². The molecule has 0 aliphatic rings. The minimum absolute atomic E-state index is 0.183. The Morgan fingerprint density at radius 1 is 0.938 bits per heavy atom. The largest absolute Gasteiger partial charge is 0.271 e. The summed E-state index contributed by atoms with van der Waals surface area (Å²) in [5.41, 5.74) is 4.52. The molecule has 2 aromatic carbocycles. The number of nitrogens with one attached hydrogen (secondary N) is 1. The molecule has 0 aliphatic carbocycles. The van der Waals surface area contributed by atoms with Crippen LogP contribution in [-0.4, -0.2) is 0 Å². The van der Waals surface area contributed by atoms with E-state index in [0.717, 1.165) is 11.1 Å². The Kier molecular flexibility index (Phi) is 3.29. The third-order valence-electron chi connectivity index (χ3n) is 2.48. The number of hydrogen-bond donors (Lipinski definition) is 2. The fourth-order valence-corrected chi connectivity index (χ4v) is 1.72. The Bertz CT molecular complexity index is 456. The predicted molar refractivity (Wildman–Crippen MR) is 62.0 cm³/mol. The standard InChI is InChI=1S/C13H13FN2/c14-12-8-4-7-11(9-12)13(16-15)10-5-2-1-3-6-10/h1-9,13,16H,15H2. The van der Waals surface area contributed by atoms with E-state index in [-0.39, 0.29) is 11.9 Å². The molecule has 0 heterocycles.